The van der Waals surface area contributed by atoms with Crippen LogP contribution in [0, 0.1) is 0 Å². The molecule has 0 saturated carbocycles. The highest BCUT2D eigenvalue weighted by Crippen LogP contribution is 2.17. The first-order valence-electron chi connectivity index (χ1n) is 5.58. The number of carboxylic acids is 1. The Labute approximate surface area is 107 Å². The number of nitrogens with zero attached hydrogens (tertiary/aromatic N) is 1. The minimum atomic E-state index is -1.31. The molecule has 2 rings (SSSR count). The van der Waals surface area contributed by atoms with E-state index in [9.17, 15) is 9.59 Å². The molecule has 7 heteroatoms. The number of hydrogen-bond donors (Lipinski definition) is 3. The highest BCUT2D eigenvalue weighted by molar-refractivity contribution is 5.88. The molecule has 19 heavy (non-hydrogen) atoms. The summed E-state index contributed by atoms with van der Waals surface area (Å²) in [5.74, 6) is -1.83. The first kappa shape index (κ1) is 13.0. The summed E-state index contributed by atoms with van der Waals surface area (Å²) < 4.78 is 5.03. The fourth-order valence-corrected chi connectivity index (χ4v) is 1.65. The van der Waals surface area contributed by atoms with Crippen LogP contribution >= 0.6 is 0 Å². The molecule has 0 aliphatic rings. The average Bonchev–Trinajstić information content (AvgIpc) is 2.79. The van der Waals surface area contributed by atoms with Crippen LogP contribution in [0.5, 0.6) is 0 Å². The lowest BCUT2D eigenvalue weighted by molar-refractivity contribution is -0.142. The number of fused-ring (bicyclic) bond motifs is 1. The number of carbonyl (C=O) groups is 2. The molecule has 3 N–H and O–H groups in total. The highest BCUT2D eigenvalue weighted by Gasteiger charge is 2.20. The van der Waals surface area contributed by atoms with Gasteiger partial charge < -0.3 is 20.1 Å². The van der Waals surface area contributed by atoms with Gasteiger partial charge in [0.15, 0.2) is 5.58 Å². The minimum absolute atomic E-state index is 0.110. The Balaban J connectivity index is 2.09. The monoisotopic (exact) mass is 264 g/mol. The van der Waals surface area contributed by atoms with E-state index in [1.165, 1.54) is 0 Å². The third kappa shape index (κ3) is 2.89. The number of rotatable bonds is 5. The minimum Gasteiger partial charge on any atom is -0.480 e. The molecule has 0 unspecified atom stereocenters. The van der Waals surface area contributed by atoms with Crippen LogP contribution in [-0.2, 0) is 16.0 Å². The highest BCUT2D eigenvalue weighted by atomic mass is 16.5. The number of hydrogen-bond acceptors (Lipinski definition) is 5. The Morgan fingerprint density at radius 3 is 2.79 bits per heavy atom. The van der Waals surface area contributed by atoms with Crippen molar-refractivity contribution in [2.45, 2.75) is 12.5 Å². The Bertz CT molecular complexity index is 607. The van der Waals surface area contributed by atoms with E-state index in [0.29, 0.717) is 16.7 Å². The lowest BCUT2D eigenvalue weighted by Gasteiger charge is -2.10. The predicted octanol–water partition coefficient (Wildman–Crippen LogP) is -0.0680. The first-order valence-corrected chi connectivity index (χ1v) is 5.58. The number of amides is 1. The third-order valence-corrected chi connectivity index (χ3v) is 2.60. The molecule has 1 amide bonds. The maximum Gasteiger partial charge on any atom is 0.328 e. The maximum absolute atomic E-state index is 11.7. The zero-order chi connectivity index (χ0) is 13.8. The van der Waals surface area contributed by atoms with Crippen LogP contribution in [0.1, 0.15) is 5.69 Å². The maximum atomic E-state index is 11.7. The van der Waals surface area contributed by atoms with Gasteiger partial charge in [-0.1, -0.05) is 17.3 Å². The molecule has 0 aliphatic carbocycles. The molecule has 100 valence electrons. The third-order valence-electron chi connectivity index (χ3n) is 2.60. The van der Waals surface area contributed by atoms with E-state index in [-0.39, 0.29) is 6.42 Å². The second-order valence-electron chi connectivity index (χ2n) is 3.94. The molecule has 7 nitrogen and oxygen atoms in total. The summed E-state index contributed by atoms with van der Waals surface area (Å²) in [7, 11) is 0. The molecule has 1 aromatic heterocycles. The van der Waals surface area contributed by atoms with Crippen molar-refractivity contribution in [2.24, 2.45) is 0 Å². The van der Waals surface area contributed by atoms with Crippen molar-refractivity contribution in [3.05, 3.63) is 30.0 Å². The molecule has 1 heterocycles. The van der Waals surface area contributed by atoms with Gasteiger partial charge in [-0.15, -0.1) is 0 Å². The van der Waals surface area contributed by atoms with Gasteiger partial charge in [-0.25, -0.2) is 4.79 Å². The van der Waals surface area contributed by atoms with Gasteiger partial charge in [-0.3, -0.25) is 4.79 Å². The molecule has 1 atom stereocenters. The van der Waals surface area contributed by atoms with E-state index in [1.807, 2.05) is 0 Å². The van der Waals surface area contributed by atoms with Crippen molar-refractivity contribution in [1.29, 1.82) is 0 Å². The number of para-hydroxylation sites is 1. The average molecular weight is 264 g/mol. The SMILES string of the molecule is O=C(Cc1noc2ccccc12)N[C@H](CO)C(=O)O. The van der Waals surface area contributed by atoms with E-state index in [1.54, 1.807) is 24.3 Å². The van der Waals surface area contributed by atoms with Crippen molar-refractivity contribution in [3.63, 3.8) is 0 Å². The summed E-state index contributed by atoms with van der Waals surface area (Å²) in [4.78, 5) is 22.3. The van der Waals surface area contributed by atoms with E-state index < -0.39 is 24.5 Å². The lowest BCUT2D eigenvalue weighted by Crippen LogP contribution is -2.44. The first-order chi connectivity index (χ1) is 9.11. The molecule has 0 saturated heterocycles. The van der Waals surface area contributed by atoms with E-state index in [0.717, 1.165) is 0 Å². The number of carboxylic acid groups (broad SMARTS) is 1. The van der Waals surface area contributed by atoms with Crippen LogP contribution in [-0.4, -0.2) is 39.9 Å². The van der Waals surface area contributed by atoms with E-state index in [4.69, 9.17) is 14.7 Å². The van der Waals surface area contributed by atoms with Gasteiger partial charge in [-0.2, -0.15) is 0 Å². The van der Waals surface area contributed by atoms with Gasteiger partial charge >= 0.3 is 5.97 Å². The molecule has 1 aromatic carbocycles. The number of benzene rings is 1. The zero-order valence-electron chi connectivity index (χ0n) is 9.87. The molecule has 0 aliphatic heterocycles. The summed E-state index contributed by atoms with van der Waals surface area (Å²) in [5, 5.41) is 24.2. The summed E-state index contributed by atoms with van der Waals surface area (Å²) >= 11 is 0. The molecule has 0 radical (unpaired) electrons. The van der Waals surface area contributed by atoms with Crippen molar-refractivity contribution in [2.75, 3.05) is 6.61 Å². The number of aromatic nitrogens is 1. The van der Waals surface area contributed by atoms with Crippen LogP contribution in [0.15, 0.2) is 28.8 Å². The topological polar surface area (TPSA) is 113 Å². The molecule has 0 bridgehead atoms. The second-order valence-corrected chi connectivity index (χ2v) is 3.94. The van der Waals surface area contributed by atoms with Crippen LogP contribution in [0.2, 0.25) is 0 Å². The Morgan fingerprint density at radius 1 is 1.37 bits per heavy atom. The van der Waals surface area contributed by atoms with Crippen molar-refractivity contribution in [3.8, 4) is 0 Å². The van der Waals surface area contributed by atoms with E-state index >= 15 is 0 Å². The second kappa shape index (κ2) is 5.49. The molecule has 0 fully saturated rings. The van der Waals surface area contributed by atoms with Gasteiger partial charge in [0.25, 0.3) is 0 Å². The quantitative estimate of drug-likeness (QED) is 0.697. The lowest BCUT2D eigenvalue weighted by atomic mass is 10.1. The van der Waals surface area contributed by atoms with Crippen molar-refractivity contribution in [1.82, 2.24) is 10.5 Å². The van der Waals surface area contributed by atoms with Crippen LogP contribution < -0.4 is 5.32 Å². The van der Waals surface area contributed by atoms with Crippen LogP contribution in [0.4, 0.5) is 0 Å². The van der Waals surface area contributed by atoms with Crippen molar-refractivity contribution < 1.29 is 24.3 Å². The fourth-order valence-electron chi connectivity index (χ4n) is 1.65. The van der Waals surface area contributed by atoms with Gasteiger partial charge in [0.1, 0.15) is 11.7 Å². The van der Waals surface area contributed by atoms with Gasteiger partial charge in [0.2, 0.25) is 5.91 Å². The number of aliphatic carboxylic acids is 1. The van der Waals surface area contributed by atoms with Crippen LogP contribution in [0.25, 0.3) is 11.0 Å². The Kier molecular flexibility index (Phi) is 3.76. The summed E-state index contributed by atoms with van der Waals surface area (Å²) in [6.07, 6.45) is -0.110. The Hall–Kier alpha value is -2.41. The standard InChI is InChI=1S/C12H12N2O5/c15-6-9(12(17)18)13-11(16)5-8-7-3-1-2-4-10(7)19-14-8/h1-4,9,15H,5-6H2,(H,13,16)(H,17,18)/t9-/m1/s1. The van der Waals surface area contributed by atoms with E-state index in [2.05, 4.69) is 10.5 Å². The van der Waals surface area contributed by atoms with Crippen LogP contribution in [0.3, 0.4) is 0 Å². The molecular formula is C12H12N2O5. The van der Waals surface area contributed by atoms with Gasteiger partial charge in [-0.05, 0) is 12.1 Å². The number of carbonyl (C=O) groups excluding carboxylic acids is 1. The normalized spacial score (nSPS) is 12.3. The smallest absolute Gasteiger partial charge is 0.328 e. The predicted molar refractivity (Wildman–Crippen MR) is 64.4 cm³/mol. The number of aliphatic hydroxyl groups is 1. The zero-order valence-corrected chi connectivity index (χ0v) is 9.87. The summed E-state index contributed by atoms with van der Waals surface area (Å²) in [5.41, 5.74) is 0.984. The Morgan fingerprint density at radius 2 is 2.11 bits per heavy atom. The molecular weight excluding hydrogens is 252 g/mol. The van der Waals surface area contributed by atoms with Gasteiger partial charge in [0.05, 0.1) is 13.0 Å². The number of aliphatic hydroxyl groups excluding tert-OH is 1. The molecule has 2 aromatic rings. The largest absolute Gasteiger partial charge is 0.480 e. The summed E-state index contributed by atoms with van der Waals surface area (Å²) in [6, 6.07) is 5.73. The molecule has 0 spiro atoms. The summed E-state index contributed by atoms with van der Waals surface area (Å²) in [6.45, 7) is -0.666. The van der Waals surface area contributed by atoms with Gasteiger partial charge in [0, 0.05) is 5.39 Å². The van der Waals surface area contributed by atoms with Crippen molar-refractivity contribution >= 4 is 22.8 Å². The fraction of sp³-hybridized carbons (Fsp3) is 0.250. The number of nitrogens with one attached hydrogen (secondary N) is 1.